The first kappa shape index (κ1) is 17.9. The molecule has 140 valence electrons. The molecule has 26 heavy (non-hydrogen) atoms. The molecule has 2 atom stereocenters. The molecular weight excluding hydrogens is 344 g/mol. The van der Waals surface area contributed by atoms with Gasteiger partial charge in [0.1, 0.15) is 6.04 Å². The fourth-order valence-electron chi connectivity index (χ4n) is 4.40. The Hall–Kier alpha value is -1.49. The van der Waals surface area contributed by atoms with E-state index < -0.39 is 0 Å². The minimum absolute atomic E-state index is 0.0159. The van der Waals surface area contributed by atoms with Gasteiger partial charge in [-0.25, -0.2) is 0 Å². The number of carbonyl (C=O) groups is 2. The van der Waals surface area contributed by atoms with E-state index in [4.69, 9.17) is 0 Å². The van der Waals surface area contributed by atoms with Crippen LogP contribution in [-0.4, -0.2) is 34.4 Å². The maximum Gasteiger partial charge on any atom is 0.244 e. The Morgan fingerprint density at radius 3 is 2.69 bits per heavy atom. The Kier molecular flexibility index (Phi) is 4.76. The molecule has 4 nitrogen and oxygen atoms in total. The van der Waals surface area contributed by atoms with Crippen LogP contribution in [-0.2, 0) is 15.0 Å². The number of amides is 2. The SMILES string of the molecule is CC1(C)CCC(NC(=O)C2CSCN2C(=O)C2CCC2)c2ccccc21. The van der Waals surface area contributed by atoms with Crippen LogP contribution in [0.25, 0.3) is 0 Å². The van der Waals surface area contributed by atoms with Crippen molar-refractivity contribution in [2.75, 3.05) is 11.6 Å². The quantitative estimate of drug-likeness (QED) is 0.882. The van der Waals surface area contributed by atoms with E-state index in [0.29, 0.717) is 11.6 Å². The van der Waals surface area contributed by atoms with E-state index in [1.807, 2.05) is 4.90 Å². The lowest BCUT2D eigenvalue weighted by molar-refractivity contribution is -0.143. The number of thioether (sulfide) groups is 1. The molecule has 3 aliphatic rings. The fourth-order valence-corrected chi connectivity index (χ4v) is 5.56. The summed E-state index contributed by atoms with van der Waals surface area (Å²) in [5.74, 6) is 1.72. The Labute approximate surface area is 160 Å². The molecule has 2 aliphatic carbocycles. The van der Waals surface area contributed by atoms with Gasteiger partial charge in [-0.3, -0.25) is 9.59 Å². The highest BCUT2D eigenvalue weighted by Gasteiger charge is 2.40. The van der Waals surface area contributed by atoms with Crippen molar-refractivity contribution in [1.82, 2.24) is 10.2 Å². The van der Waals surface area contributed by atoms with Gasteiger partial charge in [-0.15, -0.1) is 11.8 Å². The van der Waals surface area contributed by atoms with Crippen molar-refractivity contribution < 1.29 is 9.59 Å². The maximum atomic E-state index is 13.0. The standard InChI is InChI=1S/C21H28N2O2S/c1-21(2)11-10-17(15-8-3-4-9-16(15)21)22-19(24)18-12-26-13-23(18)20(25)14-6-5-7-14/h3-4,8-9,14,17-18H,5-7,10-13H2,1-2H3,(H,22,24). The normalized spacial score (nSPS) is 27.5. The van der Waals surface area contributed by atoms with E-state index in [9.17, 15) is 9.59 Å². The molecule has 2 amide bonds. The third-order valence-electron chi connectivity index (χ3n) is 6.36. The summed E-state index contributed by atoms with van der Waals surface area (Å²) in [6.45, 7) is 4.55. The van der Waals surface area contributed by atoms with Gasteiger partial charge in [-0.2, -0.15) is 0 Å². The Balaban J connectivity index is 1.48. The highest BCUT2D eigenvalue weighted by Crippen LogP contribution is 2.41. The van der Waals surface area contributed by atoms with Gasteiger partial charge >= 0.3 is 0 Å². The molecule has 1 saturated carbocycles. The van der Waals surface area contributed by atoms with Crippen LogP contribution in [0.15, 0.2) is 24.3 Å². The van der Waals surface area contributed by atoms with Crippen molar-refractivity contribution in [3.63, 3.8) is 0 Å². The van der Waals surface area contributed by atoms with Crippen LogP contribution in [0.1, 0.15) is 63.1 Å². The highest BCUT2D eigenvalue weighted by molar-refractivity contribution is 7.99. The Morgan fingerprint density at radius 1 is 1.19 bits per heavy atom. The first-order valence-corrected chi connectivity index (χ1v) is 10.9. The van der Waals surface area contributed by atoms with Gasteiger partial charge in [0.15, 0.2) is 0 Å². The summed E-state index contributed by atoms with van der Waals surface area (Å²) in [6, 6.07) is 8.20. The number of nitrogens with zero attached hydrogens (tertiary/aromatic N) is 1. The first-order chi connectivity index (χ1) is 12.5. The van der Waals surface area contributed by atoms with Crippen LogP contribution in [0.2, 0.25) is 0 Å². The predicted molar refractivity (Wildman–Crippen MR) is 105 cm³/mol. The van der Waals surface area contributed by atoms with Gasteiger partial charge in [0.25, 0.3) is 0 Å². The van der Waals surface area contributed by atoms with Crippen LogP contribution < -0.4 is 5.32 Å². The van der Waals surface area contributed by atoms with Gasteiger partial charge in [-0.05, 0) is 42.2 Å². The van der Waals surface area contributed by atoms with Gasteiger partial charge in [-0.1, -0.05) is 44.5 Å². The van der Waals surface area contributed by atoms with Crippen LogP contribution in [0.5, 0.6) is 0 Å². The second-order valence-corrected chi connectivity index (χ2v) is 9.52. The lowest BCUT2D eigenvalue weighted by Crippen LogP contribution is -2.51. The molecule has 0 bridgehead atoms. The smallest absolute Gasteiger partial charge is 0.244 e. The molecule has 1 N–H and O–H groups in total. The zero-order chi connectivity index (χ0) is 18.3. The molecule has 0 spiro atoms. The third-order valence-corrected chi connectivity index (χ3v) is 7.37. The second kappa shape index (κ2) is 6.91. The predicted octanol–water partition coefficient (Wildman–Crippen LogP) is 3.62. The molecule has 1 aromatic carbocycles. The first-order valence-electron chi connectivity index (χ1n) is 9.75. The van der Waals surface area contributed by atoms with E-state index in [1.54, 1.807) is 11.8 Å². The molecule has 5 heteroatoms. The molecule has 0 aromatic heterocycles. The number of rotatable bonds is 3. The summed E-state index contributed by atoms with van der Waals surface area (Å²) >= 11 is 1.69. The highest BCUT2D eigenvalue weighted by atomic mass is 32.2. The van der Waals surface area contributed by atoms with Crippen molar-refractivity contribution >= 4 is 23.6 Å². The summed E-state index contributed by atoms with van der Waals surface area (Å²) in [4.78, 5) is 27.5. The number of nitrogens with one attached hydrogen (secondary N) is 1. The van der Waals surface area contributed by atoms with Crippen molar-refractivity contribution in [3.05, 3.63) is 35.4 Å². The number of fused-ring (bicyclic) bond motifs is 1. The molecule has 1 saturated heterocycles. The molecule has 2 unspecified atom stereocenters. The van der Waals surface area contributed by atoms with Gasteiger partial charge in [0.05, 0.1) is 11.9 Å². The van der Waals surface area contributed by atoms with E-state index >= 15 is 0 Å². The van der Waals surface area contributed by atoms with Gasteiger partial charge < -0.3 is 10.2 Å². The molecule has 0 radical (unpaired) electrons. The van der Waals surface area contributed by atoms with Crippen molar-refractivity contribution in [2.45, 2.75) is 63.5 Å². The van der Waals surface area contributed by atoms with Crippen LogP contribution in [0, 0.1) is 5.92 Å². The minimum atomic E-state index is -0.310. The van der Waals surface area contributed by atoms with E-state index in [1.165, 1.54) is 11.1 Å². The summed E-state index contributed by atoms with van der Waals surface area (Å²) in [6.07, 6.45) is 5.12. The number of benzene rings is 1. The summed E-state index contributed by atoms with van der Waals surface area (Å²) < 4.78 is 0. The Bertz CT molecular complexity index is 714. The molecule has 2 fully saturated rings. The van der Waals surface area contributed by atoms with Crippen LogP contribution in [0.3, 0.4) is 0 Å². The zero-order valence-electron chi connectivity index (χ0n) is 15.7. The average molecular weight is 373 g/mol. The fraction of sp³-hybridized carbons (Fsp3) is 0.619. The molecule has 1 aliphatic heterocycles. The number of carbonyl (C=O) groups excluding carboxylic acids is 2. The van der Waals surface area contributed by atoms with Crippen LogP contribution in [0.4, 0.5) is 0 Å². The van der Waals surface area contributed by atoms with Gasteiger partial charge in [0.2, 0.25) is 11.8 Å². The summed E-state index contributed by atoms with van der Waals surface area (Å²) in [5, 5.41) is 3.27. The van der Waals surface area contributed by atoms with Crippen molar-refractivity contribution in [2.24, 2.45) is 5.92 Å². The second-order valence-electron chi connectivity index (χ2n) is 8.52. The molecule has 1 heterocycles. The van der Waals surface area contributed by atoms with Gasteiger partial charge in [0, 0.05) is 11.7 Å². The molecule has 4 rings (SSSR count). The minimum Gasteiger partial charge on any atom is -0.347 e. The lowest BCUT2D eigenvalue weighted by atomic mass is 9.71. The van der Waals surface area contributed by atoms with E-state index in [2.05, 4.69) is 43.4 Å². The largest absolute Gasteiger partial charge is 0.347 e. The molecule has 1 aromatic rings. The number of hydrogen-bond donors (Lipinski definition) is 1. The topological polar surface area (TPSA) is 49.4 Å². The zero-order valence-corrected chi connectivity index (χ0v) is 16.5. The lowest BCUT2D eigenvalue weighted by Gasteiger charge is -2.38. The maximum absolute atomic E-state index is 13.0. The van der Waals surface area contributed by atoms with Crippen molar-refractivity contribution in [1.29, 1.82) is 0 Å². The molecular formula is C21H28N2O2S. The van der Waals surface area contributed by atoms with E-state index in [-0.39, 0.29) is 35.2 Å². The number of hydrogen-bond acceptors (Lipinski definition) is 3. The third kappa shape index (κ3) is 3.15. The van der Waals surface area contributed by atoms with Crippen LogP contribution >= 0.6 is 11.8 Å². The Morgan fingerprint density at radius 2 is 1.96 bits per heavy atom. The average Bonchev–Trinajstić information content (AvgIpc) is 3.06. The van der Waals surface area contributed by atoms with E-state index in [0.717, 1.165) is 32.1 Å². The summed E-state index contributed by atoms with van der Waals surface area (Å²) in [7, 11) is 0. The monoisotopic (exact) mass is 372 g/mol. The van der Waals surface area contributed by atoms with Crippen molar-refractivity contribution in [3.8, 4) is 0 Å². The summed E-state index contributed by atoms with van der Waals surface area (Å²) in [5.41, 5.74) is 2.71.